The van der Waals surface area contributed by atoms with Crippen molar-refractivity contribution < 1.29 is 8.42 Å². The summed E-state index contributed by atoms with van der Waals surface area (Å²) in [6.45, 7) is 0.647. The van der Waals surface area contributed by atoms with Crippen LogP contribution in [0.1, 0.15) is 0 Å². The molecule has 0 atom stereocenters. The van der Waals surface area contributed by atoms with Crippen molar-refractivity contribution in [1.82, 2.24) is 19.5 Å². The zero-order valence-corrected chi connectivity index (χ0v) is 11.4. The van der Waals surface area contributed by atoms with E-state index in [-0.39, 0.29) is 22.3 Å². The molecule has 0 aromatic carbocycles. The van der Waals surface area contributed by atoms with Crippen LogP contribution in [0.15, 0.2) is 35.6 Å². The molecule has 0 fully saturated rings. The lowest BCUT2D eigenvalue weighted by molar-refractivity contribution is 0.560. The maximum Gasteiger partial charge on any atom is 0.242 e. The number of rotatable bonds is 5. The zero-order chi connectivity index (χ0) is 13.9. The average molecular weight is 302 g/mol. The molecule has 0 spiro atoms. The van der Waals surface area contributed by atoms with Gasteiger partial charge >= 0.3 is 0 Å². The van der Waals surface area contributed by atoms with Crippen molar-refractivity contribution in [2.75, 3.05) is 12.3 Å². The number of aromatic nitrogens is 3. The fraction of sp³-hybridized carbons (Fsp3) is 0.200. The van der Waals surface area contributed by atoms with Gasteiger partial charge in [0, 0.05) is 25.1 Å². The predicted molar refractivity (Wildman–Crippen MR) is 71.1 cm³/mol. The number of halogens is 1. The molecule has 2 heterocycles. The number of sulfonamides is 1. The molecule has 19 heavy (non-hydrogen) atoms. The molecule has 7 nitrogen and oxygen atoms in total. The summed E-state index contributed by atoms with van der Waals surface area (Å²) in [7, 11) is -3.65. The fourth-order valence-electron chi connectivity index (χ4n) is 1.39. The van der Waals surface area contributed by atoms with Crippen LogP contribution in [-0.2, 0) is 16.6 Å². The average Bonchev–Trinajstić information content (AvgIpc) is 2.85. The summed E-state index contributed by atoms with van der Waals surface area (Å²) in [5.74, 6) is 0.0946. The summed E-state index contributed by atoms with van der Waals surface area (Å²) in [6.07, 6.45) is 4.53. The number of hydrogen-bond acceptors (Lipinski definition) is 5. The van der Waals surface area contributed by atoms with Gasteiger partial charge in [0.25, 0.3) is 0 Å². The van der Waals surface area contributed by atoms with Gasteiger partial charge in [0.2, 0.25) is 10.0 Å². The van der Waals surface area contributed by atoms with Crippen molar-refractivity contribution in [3.63, 3.8) is 0 Å². The third-order valence-electron chi connectivity index (χ3n) is 2.35. The van der Waals surface area contributed by atoms with Crippen molar-refractivity contribution >= 4 is 27.4 Å². The highest BCUT2D eigenvalue weighted by Crippen LogP contribution is 2.19. The summed E-state index contributed by atoms with van der Waals surface area (Å²) in [5.41, 5.74) is 5.43. The van der Waals surface area contributed by atoms with Crippen LogP contribution >= 0.6 is 11.6 Å². The van der Waals surface area contributed by atoms with E-state index in [9.17, 15) is 8.42 Å². The van der Waals surface area contributed by atoms with Crippen LogP contribution in [0.2, 0.25) is 5.02 Å². The summed E-state index contributed by atoms with van der Waals surface area (Å²) in [6, 6.07) is 3.03. The molecule has 0 unspecified atom stereocenters. The van der Waals surface area contributed by atoms with Crippen molar-refractivity contribution in [1.29, 1.82) is 0 Å². The minimum absolute atomic E-state index is 0.0211. The highest BCUT2D eigenvalue weighted by atomic mass is 35.5. The van der Waals surface area contributed by atoms with Gasteiger partial charge in [0.1, 0.15) is 10.7 Å². The molecule has 0 bridgehead atoms. The number of nitrogens with two attached hydrogens (primary N) is 1. The summed E-state index contributed by atoms with van der Waals surface area (Å²) < 4.78 is 27.9. The topological polar surface area (TPSA) is 103 Å². The van der Waals surface area contributed by atoms with E-state index in [2.05, 4.69) is 14.8 Å². The number of hydrogen-bond donors (Lipinski definition) is 2. The van der Waals surface area contributed by atoms with Gasteiger partial charge in [-0.05, 0) is 12.1 Å². The number of nitrogen functional groups attached to an aromatic ring is 1. The second kappa shape index (κ2) is 5.55. The fourth-order valence-corrected chi connectivity index (χ4v) is 2.61. The van der Waals surface area contributed by atoms with Crippen LogP contribution in [0.5, 0.6) is 0 Å². The molecule has 0 radical (unpaired) electrons. The Labute approximate surface area is 115 Å². The quantitative estimate of drug-likeness (QED) is 0.836. The number of nitrogens with zero attached hydrogens (tertiary/aromatic N) is 3. The predicted octanol–water partition coefficient (Wildman–Crippen LogP) is 0.492. The highest BCUT2D eigenvalue weighted by Gasteiger charge is 2.15. The minimum Gasteiger partial charge on any atom is -0.382 e. The molecule has 0 saturated carbocycles. The summed E-state index contributed by atoms with van der Waals surface area (Å²) >= 11 is 5.74. The van der Waals surface area contributed by atoms with Crippen LogP contribution in [-0.4, -0.2) is 29.7 Å². The van der Waals surface area contributed by atoms with Gasteiger partial charge < -0.3 is 5.73 Å². The van der Waals surface area contributed by atoms with Gasteiger partial charge in [-0.3, -0.25) is 4.68 Å². The molecule has 0 aliphatic rings. The molecule has 0 aliphatic heterocycles. The van der Waals surface area contributed by atoms with E-state index < -0.39 is 10.0 Å². The molecular weight excluding hydrogens is 290 g/mol. The first-order valence-electron chi connectivity index (χ1n) is 5.37. The van der Waals surface area contributed by atoms with E-state index in [1.807, 2.05) is 0 Å². The Kier molecular flexibility index (Phi) is 4.03. The first kappa shape index (κ1) is 13.8. The largest absolute Gasteiger partial charge is 0.382 e. The first-order valence-corrected chi connectivity index (χ1v) is 7.23. The van der Waals surface area contributed by atoms with Gasteiger partial charge in [-0.15, -0.1) is 0 Å². The third kappa shape index (κ3) is 3.43. The number of nitrogens with one attached hydrogen (secondary N) is 1. The Morgan fingerprint density at radius 1 is 1.47 bits per heavy atom. The summed E-state index contributed by atoms with van der Waals surface area (Å²) in [5, 5.41) is 4.07. The van der Waals surface area contributed by atoms with Gasteiger partial charge in [-0.1, -0.05) is 11.6 Å². The second-order valence-corrected chi connectivity index (χ2v) is 5.88. The second-order valence-electron chi connectivity index (χ2n) is 3.70. The normalized spacial score (nSPS) is 11.6. The smallest absolute Gasteiger partial charge is 0.242 e. The molecule has 0 aliphatic carbocycles. The molecule has 102 valence electrons. The monoisotopic (exact) mass is 301 g/mol. The van der Waals surface area contributed by atoms with Gasteiger partial charge in [-0.2, -0.15) is 5.10 Å². The van der Waals surface area contributed by atoms with Crippen molar-refractivity contribution in [2.45, 2.75) is 11.4 Å². The van der Waals surface area contributed by atoms with Gasteiger partial charge in [0.05, 0.1) is 11.6 Å². The van der Waals surface area contributed by atoms with Gasteiger partial charge in [0.15, 0.2) is 0 Å². The van der Waals surface area contributed by atoms with E-state index >= 15 is 0 Å². The SMILES string of the molecule is Nc1ncc(S(=O)(=O)NCCn2cccn2)cc1Cl. The molecule has 2 aromatic rings. The molecule has 3 N–H and O–H groups in total. The van der Waals surface area contributed by atoms with Crippen molar-refractivity contribution in [3.8, 4) is 0 Å². The van der Waals surface area contributed by atoms with E-state index in [4.69, 9.17) is 17.3 Å². The molecule has 9 heteroatoms. The van der Waals surface area contributed by atoms with E-state index in [0.717, 1.165) is 6.20 Å². The van der Waals surface area contributed by atoms with Crippen LogP contribution in [0.4, 0.5) is 5.82 Å². The van der Waals surface area contributed by atoms with Crippen LogP contribution in [0.25, 0.3) is 0 Å². The number of pyridine rings is 1. The Hall–Kier alpha value is -1.64. The van der Waals surface area contributed by atoms with Gasteiger partial charge in [-0.25, -0.2) is 18.1 Å². The molecular formula is C10H12ClN5O2S. The minimum atomic E-state index is -3.65. The lowest BCUT2D eigenvalue weighted by atomic mass is 10.5. The maximum absolute atomic E-state index is 11.9. The molecule has 0 amide bonds. The lowest BCUT2D eigenvalue weighted by Gasteiger charge is -2.07. The van der Waals surface area contributed by atoms with Crippen LogP contribution < -0.4 is 10.5 Å². The Balaban J connectivity index is 2.03. The van der Waals surface area contributed by atoms with E-state index in [1.165, 1.54) is 6.07 Å². The van der Waals surface area contributed by atoms with Crippen LogP contribution in [0, 0.1) is 0 Å². The molecule has 2 rings (SSSR count). The molecule has 0 saturated heterocycles. The Morgan fingerprint density at radius 3 is 2.89 bits per heavy atom. The van der Waals surface area contributed by atoms with Crippen molar-refractivity contribution in [3.05, 3.63) is 35.7 Å². The lowest BCUT2D eigenvalue weighted by Crippen LogP contribution is -2.27. The third-order valence-corrected chi connectivity index (χ3v) is 4.08. The van der Waals surface area contributed by atoms with E-state index in [1.54, 1.807) is 23.1 Å². The van der Waals surface area contributed by atoms with Crippen LogP contribution in [0.3, 0.4) is 0 Å². The van der Waals surface area contributed by atoms with E-state index in [0.29, 0.717) is 6.54 Å². The number of anilines is 1. The Bertz CT molecular complexity index is 657. The summed E-state index contributed by atoms with van der Waals surface area (Å²) in [4.78, 5) is 3.69. The Morgan fingerprint density at radius 2 is 2.26 bits per heavy atom. The van der Waals surface area contributed by atoms with Crippen molar-refractivity contribution in [2.24, 2.45) is 0 Å². The zero-order valence-electron chi connectivity index (χ0n) is 9.82. The maximum atomic E-state index is 11.9. The first-order chi connectivity index (χ1) is 8.99. The standard InChI is InChI=1S/C10H12ClN5O2S/c11-9-6-8(7-13-10(9)12)19(17,18)15-3-5-16-4-1-2-14-16/h1-2,4,6-7,15H,3,5H2,(H2,12,13). The molecule has 2 aromatic heterocycles. The highest BCUT2D eigenvalue weighted by molar-refractivity contribution is 7.89.